The van der Waals surface area contributed by atoms with E-state index in [9.17, 15) is 13.2 Å². The first-order valence-electron chi connectivity index (χ1n) is 7.75. The van der Waals surface area contributed by atoms with Crippen LogP contribution in [0.5, 0.6) is 0 Å². The van der Waals surface area contributed by atoms with Crippen LogP contribution in [0, 0.1) is 6.92 Å². The first kappa shape index (κ1) is 17.7. The topological polar surface area (TPSA) is 107 Å². The lowest BCUT2D eigenvalue weighted by atomic mass is 10.1. The Kier molecular flexibility index (Phi) is 4.81. The highest BCUT2D eigenvalue weighted by Crippen LogP contribution is 2.16. The SMILES string of the molecule is Cc1nnnn1-c1cccc(NC(=O)c2cccc(CS(C)(=O)=O)c2)c1. The highest BCUT2D eigenvalue weighted by atomic mass is 32.2. The van der Waals surface area contributed by atoms with Gasteiger partial charge in [0.2, 0.25) is 0 Å². The van der Waals surface area contributed by atoms with E-state index in [1.807, 2.05) is 6.07 Å². The van der Waals surface area contributed by atoms with Gasteiger partial charge in [-0.05, 0) is 53.2 Å². The maximum atomic E-state index is 12.5. The Balaban J connectivity index is 1.80. The molecule has 1 heterocycles. The van der Waals surface area contributed by atoms with Crippen LogP contribution in [-0.4, -0.2) is 40.8 Å². The molecule has 1 amide bonds. The average molecular weight is 371 g/mol. The first-order chi connectivity index (χ1) is 12.3. The van der Waals surface area contributed by atoms with E-state index in [4.69, 9.17) is 0 Å². The fourth-order valence-electron chi connectivity index (χ4n) is 2.49. The van der Waals surface area contributed by atoms with Gasteiger partial charge in [0.05, 0.1) is 11.4 Å². The second-order valence-corrected chi connectivity index (χ2v) is 8.05. The van der Waals surface area contributed by atoms with Crippen LogP contribution in [0.15, 0.2) is 48.5 Å². The molecule has 0 bridgehead atoms. The Bertz CT molecular complexity index is 1060. The summed E-state index contributed by atoms with van der Waals surface area (Å²) in [6.07, 6.45) is 1.16. The second-order valence-electron chi connectivity index (χ2n) is 5.91. The number of sulfone groups is 1. The predicted molar refractivity (Wildman–Crippen MR) is 96.8 cm³/mol. The number of hydrogen-bond acceptors (Lipinski definition) is 6. The molecule has 2 aromatic carbocycles. The largest absolute Gasteiger partial charge is 0.322 e. The van der Waals surface area contributed by atoms with Crippen LogP contribution < -0.4 is 5.32 Å². The second kappa shape index (κ2) is 7.04. The molecule has 0 saturated carbocycles. The van der Waals surface area contributed by atoms with Crippen molar-refractivity contribution in [3.63, 3.8) is 0 Å². The van der Waals surface area contributed by atoms with Gasteiger partial charge in [-0.25, -0.2) is 8.42 Å². The fourth-order valence-corrected chi connectivity index (χ4v) is 3.28. The first-order valence-corrected chi connectivity index (χ1v) is 9.81. The van der Waals surface area contributed by atoms with Crippen molar-refractivity contribution in [1.29, 1.82) is 0 Å². The summed E-state index contributed by atoms with van der Waals surface area (Å²) in [5.74, 6) is 0.190. The van der Waals surface area contributed by atoms with Crippen LogP contribution in [-0.2, 0) is 15.6 Å². The van der Waals surface area contributed by atoms with Crippen molar-refractivity contribution in [3.8, 4) is 5.69 Å². The highest BCUT2D eigenvalue weighted by molar-refractivity contribution is 7.89. The third-order valence-corrected chi connectivity index (χ3v) is 4.45. The summed E-state index contributed by atoms with van der Waals surface area (Å²) in [5, 5.41) is 14.1. The summed E-state index contributed by atoms with van der Waals surface area (Å²) >= 11 is 0. The van der Waals surface area contributed by atoms with Crippen molar-refractivity contribution in [1.82, 2.24) is 20.2 Å². The standard InChI is InChI=1S/C17H17N5O3S/c1-12-19-20-21-22(12)16-8-4-7-15(10-16)18-17(23)14-6-3-5-13(9-14)11-26(2,24)25/h3-10H,11H2,1-2H3,(H,18,23). The number of aryl methyl sites for hydroxylation is 1. The van der Waals surface area contributed by atoms with Gasteiger partial charge >= 0.3 is 0 Å². The van der Waals surface area contributed by atoms with Crippen LogP contribution in [0.25, 0.3) is 5.69 Å². The zero-order chi connectivity index (χ0) is 18.7. The number of benzene rings is 2. The summed E-state index contributed by atoms with van der Waals surface area (Å²) in [6.45, 7) is 1.78. The van der Waals surface area contributed by atoms with Crippen molar-refractivity contribution < 1.29 is 13.2 Å². The fraction of sp³-hybridized carbons (Fsp3) is 0.176. The zero-order valence-electron chi connectivity index (χ0n) is 14.2. The van der Waals surface area contributed by atoms with Crippen molar-refractivity contribution in [2.75, 3.05) is 11.6 Å². The Morgan fingerprint density at radius 1 is 1.15 bits per heavy atom. The van der Waals surface area contributed by atoms with Gasteiger partial charge in [0.15, 0.2) is 15.7 Å². The zero-order valence-corrected chi connectivity index (χ0v) is 15.1. The molecular formula is C17H17N5O3S. The molecule has 3 aromatic rings. The predicted octanol–water partition coefficient (Wildman–Crippen LogP) is 1.77. The lowest BCUT2D eigenvalue weighted by Crippen LogP contribution is -2.13. The van der Waals surface area contributed by atoms with E-state index >= 15 is 0 Å². The molecule has 0 unspecified atom stereocenters. The van der Waals surface area contributed by atoms with E-state index < -0.39 is 9.84 Å². The maximum absolute atomic E-state index is 12.5. The van der Waals surface area contributed by atoms with Gasteiger partial charge in [-0.1, -0.05) is 18.2 Å². The molecule has 0 atom stereocenters. The number of tetrazole rings is 1. The molecule has 134 valence electrons. The van der Waals surface area contributed by atoms with E-state index in [1.54, 1.807) is 54.1 Å². The Morgan fingerprint density at radius 3 is 2.62 bits per heavy atom. The van der Waals surface area contributed by atoms with Crippen LogP contribution in [0.2, 0.25) is 0 Å². The monoisotopic (exact) mass is 371 g/mol. The Hall–Kier alpha value is -3.07. The number of rotatable bonds is 5. The van der Waals surface area contributed by atoms with Crippen LogP contribution in [0.4, 0.5) is 5.69 Å². The quantitative estimate of drug-likeness (QED) is 0.732. The number of anilines is 1. The molecule has 0 radical (unpaired) electrons. The summed E-state index contributed by atoms with van der Waals surface area (Å²) in [4.78, 5) is 12.5. The van der Waals surface area contributed by atoms with Gasteiger partial charge in [0, 0.05) is 17.5 Å². The van der Waals surface area contributed by atoms with Gasteiger partial charge < -0.3 is 5.32 Å². The van der Waals surface area contributed by atoms with Crippen molar-refractivity contribution in [2.45, 2.75) is 12.7 Å². The van der Waals surface area contributed by atoms with Gasteiger partial charge in [-0.2, -0.15) is 4.68 Å². The number of aromatic nitrogens is 4. The van der Waals surface area contributed by atoms with Crippen LogP contribution in [0.1, 0.15) is 21.7 Å². The van der Waals surface area contributed by atoms with E-state index in [0.717, 1.165) is 11.9 Å². The summed E-state index contributed by atoms with van der Waals surface area (Å²) < 4.78 is 24.4. The van der Waals surface area contributed by atoms with Crippen molar-refractivity contribution >= 4 is 21.4 Å². The smallest absolute Gasteiger partial charge is 0.255 e. The molecule has 1 aromatic heterocycles. The van der Waals surface area contributed by atoms with E-state index in [1.165, 1.54) is 0 Å². The van der Waals surface area contributed by atoms with E-state index in [0.29, 0.717) is 22.6 Å². The number of carbonyl (C=O) groups excluding carboxylic acids is 1. The number of hydrogen-bond donors (Lipinski definition) is 1. The number of nitrogens with one attached hydrogen (secondary N) is 1. The molecule has 0 aliphatic heterocycles. The molecule has 0 saturated heterocycles. The molecule has 1 N–H and O–H groups in total. The molecule has 0 spiro atoms. The highest BCUT2D eigenvalue weighted by Gasteiger charge is 2.11. The molecule has 26 heavy (non-hydrogen) atoms. The molecule has 9 heteroatoms. The summed E-state index contributed by atoms with van der Waals surface area (Å²) in [5.41, 5.74) is 2.25. The third-order valence-electron chi connectivity index (χ3n) is 3.59. The van der Waals surface area contributed by atoms with Crippen molar-refractivity contribution in [2.24, 2.45) is 0 Å². The minimum absolute atomic E-state index is 0.109. The summed E-state index contributed by atoms with van der Waals surface area (Å²) in [7, 11) is -3.17. The Morgan fingerprint density at radius 2 is 1.92 bits per heavy atom. The lowest BCUT2D eigenvalue weighted by Gasteiger charge is -2.09. The lowest BCUT2D eigenvalue weighted by molar-refractivity contribution is 0.102. The number of nitrogens with zero attached hydrogens (tertiary/aromatic N) is 4. The molecule has 0 aliphatic carbocycles. The molecule has 0 fully saturated rings. The van der Waals surface area contributed by atoms with Gasteiger partial charge in [0.25, 0.3) is 5.91 Å². The molecule has 0 aliphatic rings. The summed E-state index contributed by atoms with van der Waals surface area (Å²) in [6, 6.07) is 13.7. The maximum Gasteiger partial charge on any atom is 0.255 e. The minimum atomic E-state index is -3.17. The Labute approximate surface area is 150 Å². The number of amides is 1. The normalized spacial score (nSPS) is 11.3. The van der Waals surface area contributed by atoms with Crippen LogP contribution >= 0.6 is 0 Å². The van der Waals surface area contributed by atoms with Crippen molar-refractivity contribution in [3.05, 3.63) is 65.5 Å². The van der Waals surface area contributed by atoms with Crippen LogP contribution in [0.3, 0.4) is 0 Å². The molecule has 3 rings (SSSR count). The third kappa shape index (κ3) is 4.31. The molecular weight excluding hydrogens is 354 g/mol. The van der Waals surface area contributed by atoms with E-state index in [-0.39, 0.29) is 11.7 Å². The average Bonchev–Trinajstić information content (AvgIpc) is 3.00. The molecule has 8 nitrogen and oxygen atoms in total. The van der Waals surface area contributed by atoms with Gasteiger partial charge in [0.1, 0.15) is 0 Å². The number of carbonyl (C=O) groups is 1. The minimum Gasteiger partial charge on any atom is -0.322 e. The van der Waals surface area contributed by atoms with E-state index in [2.05, 4.69) is 20.8 Å². The van der Waals surface area contributed by atoms with Gasteiger partial charge in [-0.15, -0.1) is 5.10 Å². The van der Waals surface area contributed by atoms with Gasteiger partial charge in [-0.3, -0.25) is 4.79 Å².